The van der Waals surface area contributed by atoms with Crippen molar-refractivity contribution in [1.82, 2.24) is 0 Å². The molecule has 1 rings (SSSR count). The van der Waals surface area contributed by atoms with Gasteiger partial charge in [0.15, 0.2) is 6.29 Å². The monoisotopic (exact) mass is 550 g/mol. The maximum atomic E-state index is 11.8. The molecule has 0 spiro atoms. The van der Waals surface area contributed by atoms with Crippen LogP contribution in [0.1, 0.15) is 84.0 Å². The average molecular weight is 551 g/mol. The van der Waals surface area contributed by atoms with Crippen molar-refractivity contribution in [2.45, 2.75) is 121 Å². The van der Waals surface area contributed by atoms with Crippen LogP contribution in [0.25, 0.3) is 0 Å². The van der Waals surface area contributed by atoms with Crippen LogP contribution in [0.2, 0.25) is 0 Å². The summed E-state index contributed by atoms with van der Waals surface area (Å²) >= 11 is 0. The third kappa shape index (κ3) is 16.2. The van der Waals surface area contributed by atoms with Gasteiger partial charge in [-0.15, -0.1) is 0 Å². The van der Waals surface area contributed by atoms with E-state index in [9.17, 15) is 38.2 Å². The molecular weight excluding hydrogens is 507 g/mol. The van der Waals surface area contributed by atoms with Crippen LogP contribution >= 0.6 is 0 Å². The number of rotatable bonds is 19. The third-order valence-electron chi connectivity index (χ3n) is 5.91. The molecule has 0 amide bonds. The van der Waals surface area contributed by atoms with Gasteiger partial charge in [-0.2, -0.15) is 0 Å². The topological polar surface area (TPSA) is 183 Å². The molecular formula is C23H43NaO11S. The van der Waals surface area contributed by atoms with Gasteiger partial charge in [0.05, 0.1) is 22.5 Å². The Labute approximate surface area is 236 Å². The fourth-order valence-electron chi connectivity index (χ4n) is 3.84. The first-order valence-electron chi connectivity index (χ1n) is 12.6. The minimum absolute atomic E-state index is 0. The van der Waals surface area contributed by atoms with E-state index in [1.807, 2.05) is 0 Å². The summed E-state index contributed by atoms with van der Waals surface area (Å²) in [6.45, 7) is 1.38. The van der Waals surface area contributed by atoms with Gasteiger partial charge in [-0.1, -0.05) is 71.1 Å². The second-order valence-electron chi connectivity index (χ2n) is 9.19. The quantitative estimate of drug-likeness (QED) is 0.0602. The molecule has 0 aromatic heterocycles. The predicted octanol–water partition coefficient (Wildman–Crippen LogP) is -2.03. The molecule has 11 nitrogen and oxygen atoms in total. The van der Waals surface area contributed by atoms with Crippen molar-refractivity contribution < 1.29 is 82.0 Å². The van der Waals surface area contributed by atoms with Crippen molar-refractivity contribution in [2.75, 3.05) is 19.0 Å². The Morgan fingerprint density at radius 1 is 0.889 bits per heavy atom. The number of carbonyl (C=O) groups excluding carboxylic acids is 1. The smallest absolute Gasteiger partial charge is 0.748 e. The van der Waals surface area contributed by atoms with E-state index < -0.39 is 65.3 Å². The summed E-state index contributed by atoms with van der Waals surface area (Å²) in [5.74, 6) is -1.58. The largest absolute Gasteiger partial charge is 1.00 e. The van der Waals surface area contributed by atoms with Crippen LogP contribution in [0.15, 0.2) is 0 Å². The molecule has 1 fully saturated rings. The molecule has 0 radical (unpaired) electrons. The molecule has 0 aromatic rings. The van der Waals surface area contributed by atoms with Gasteiger partial charge in [-0.25, -0.2) is 8.42 Å². The fourth-order valence-corrected chi connectivity index (χ4v) is 4.52. The molecule has 1 aliphatic rings. The summed E-state index contributed by atoms with van der Waals surface area (Å²) < 4.78 is 48.0. The van der Waals surface area contributed by atoms with Gasteiger partial charge in [0, 0.05) is 6.42 Å². The van der Waals surface area contributed by atoms with E-state index in [-0.39, 0.29) is 42.6 Å². The summed E-state index contributed by atoms with van der Waals surface area (Å²) in [4.78, 5) is 11.8. The standard InChI is InChI=1S/C23H44O11S.Na/c1-2-3-4-5-6-7-8-9-10-11-12-13-19(25)32-14-17(24)15-33-23-22(28)21(27)20(26)18(34-23)16-35(29,30)31;/h17-18,20-24,26-28H,2-16H2,1H3,(H,29,30,31);/q;+1/p-1/t17?,18-,20-,21+,22-,23+;/m1./s1. The Hall–Kier alpha value is 0.140. The first kappa shape index (κ1) is 36.1. The van der Waals surface area contributed by atoms with Crippen LogP contribution in [0.3, 0.4) is 0 Å². The van der Waals surface area contributed by atoms with Crippen LogP contribution in [0, 0.1) is 0 Å². The van der Waals surface area contributed by atoms with Gasteiger partial charge < -0.3 is 39.2 Å². The third-order valence-corrected chi connectivity index (χ3v) is 6.65. The van der Waals surface area contributed by atoms with Gasteiger partial charge in [0.2, 0.25) is 0 Å². The zero-order valence-electron chi connectivity index (χ0n) is 21.6. The Kier molecular flexibility index (Phi) is 20.2. The van der Waals surface area contributed by atoms with Crippen molar-refractivity contribution in [3.8, 4) is 0 Å². The van der Waals surface area contributed by atoms with Crippen molar-refractivity contribution in [3.63, 3.8) is 0 Å². The molecule has 4 N–H and O–H groups in total. The number of aliphatic hydroxyl groups excluding tert-OH is 4. The number of ether oxygens (including phenoxy) is 3. The summed E-state index contributed by atoms with van der Waals surface area (Å²) in [6.07, 6.45) is 3.20. The zero-order valence-corrected chi connectivity index (χ0v) is 24.4. The van der Waals surface area contributed by atoms with E-state index in [1.165, 1.54) is 44.9 Å². The Morgan fingerprint density at radius 2 is 1.42 bits per heavy atom. The van der Waals surface area contributed by atoms with E-state index in [1.54, 1.807) is 0 Å². The van der Waals surface area contributed by atoms with Crippen molar-refractivity contribution in [2.24, 2.45) is 0 Å². The van der Waals surface area contributed by atoms with Crippen LogP contribution < -0.4 is 29.6 Å². The number of esters is 1. The van der Waals surface area contributed by atoms with Gasteiger partial charge in [-0.3, -0.25) is 4.79 Å². The van der Waals surface area contributed by atoms with Crippen molar-refractivity contribution in [1.29, 1.82) is 0 Å². The maximum Gasteiger partial charge on any atom is 1.00 e. The molecule has 1 saturated heterocycles. The zero-order chi connectivity index (χ0) is 26.3. The van der Waals surface area contributed by atoms with Crippen molar-refractivity contribution >= 4 is 16.1 Å². The molecule has 0 saturated carbocycles. The van der Waals surface area contributed by atoms with E-state index in [4.69, 9.17) is 14.2 Å². The normalized spacial score (nSPS) is 25.2. The molecule has 13 heteroatoms. The molecule has 0 bridgehead atoms. The van der Waals surface area contributed by atoms with E-state index >= 15 is 0 Å². The SMILES string of the molecule is CCCCCCCCCCCCCC(=O)OCC(O)CO[C@H]1O[C@H](CS(=O)(=O)[O-])[C@@H](O)[C@H](O)[C@H]1O.[Na+]. The number of hydrogen-bond donors (Lipinski definition) is 4. The molecule has 1 heterocycles. The molecule has 36 heavy (non-hydrogen) atoms. The minimum atomic E-state index is -4.78. The van der Waals surface area contributed by atoms with Crippen LogP contribution in [-0.4, -0.2) is 95.1 Å². The van der Waals surface area contributed by atoms with Crippen LogP contribution in [0.4, 0.5) is 0 Å². The molecule has 0 aliphatic carbocycles. The van der Waals surface area contributed by atoms with Gasteiger partial charge >= 0.3 is 35.5 Å². The Balaban J connectivity index is 0.0000122. The van der Waals surface area contributed by atoms with E-state index in [2.05, 4.69) is 6.92 Å². The minimum Gasteiger partial charge on any atom is -0.748 e. The first-order chi connectivity index (χ1) is 16.5. The second kappa shape index (κ2) is 20.1. The van der Waals surface area contributed by atoms with E-state index in [0.717, 1.165) is 19.3 Å². The molecule has 6 atom stereocenters. The fraction of sp³-hybridized carbons (Fsp3) is 0.957. The summed E-state index contributed by atoms with van der Waals surface area (Å²) in [6, 6.07) is 0. The van der Waals surface area contributed by atoms with E-state index in [0.29, 0.717) is 6.42 Å². The Bertz CT molecular complexity index is 679. The number of hydrogen-bond acceptors (Lipinski definition) is 11. The average Bonchev–Trinajstić information content (AvgIpc) is 2.80. The number of aliphatic hydroxyl groups is 4. The first-order valence-corrected chi connectivity index (χ1v) is 14.2. The summed E-state index contributed by atoms with van der Waals surface area (Å²) in [7, 11) is -4.78. The maximum absolute atomic E-state index is 11.8. The molecule has 0 aromatic carbocycles. The summed E-state index contributed by atoms with van der Waals surface area (Å²) in [5, 5.41) is 39.5. The van der Waals surface area contributed by atoms with Gasteiger partial charge in [-0.05, 0) is 6.42 Å². The molecule has 1 aliphatic heterocycles. The predicted molar refractivity (Wildman–Crippen MR) is 125 cm³/mol. The van der Waals surface area contributed by atoms with Crippen LogP contribution in [0.5, 0.6) is 0 Å². The second-order valence-corrected chi connectivity index (χ2v) is 10.6. The molecule has 208 valence electrons. The van der Waals surface area contributed by atoms with Gasteiger partial charge in [0.25, 0.3) is 0 Å². The molecule has 1 unspecified atom stereocenters. The Morgan fingerprint density at radius 3 is 1.94 bits per heavy atom. The van der Waals surface area contributed by atoms with Crippen LogP contribution in [-0.2, 0) is 29.1 Å². The van der Waals surface area contributed by atoms with Gasteiger partial charge in [0.1, 0.15) is 37.1 Å². The number of carbonyl (C=O) groups is 1. The van der Waals surface area contributed by atoms with Crippen molar-refractivity contribution in [3.05, 3.63) is 0 Å². The number of unbranched alkanes of at least 4 members (excludes halogenated alkanes) is 10. The summed E-state index contributed by atoms with van der Waals surface area (Å²) in [5.41, 5.74) is 0.